The van der Waals surface area contributed by atoms with Crippen LogP contribution in [0.1, 0.15) is 44.0 Å². The molecule has 2 rings (SSSR count). The summed E-state index contributed by atoms with van der Waals surface area (Å²) in [4.78, 5) is 0. The van der Waals surface area contributed by atoms with Gasteiger partial charge in [-0.25, -0.2) is 4.39 Å². The van der Waals surface area contributed by atoms with Gasteiger partial charge in [0.2, 0.25) is 0 Å². The molecule has 4 heteroatoms. The maximum atomic E-state index is 13.9. The third-order valence-electron chi connectivity index (χ3n) is 3.95. The summed E-state index contributed by atoms with van der Waals surface area (Å²) in [6, 6.07) is 3.66. The van der Waals surface area contributed by atoms with Crippen LogP contribution in [-0.4, -0.2) is 20.8 Å². The molecule has 0 saturated carbocycles. The SMILES string of the molecule is COc1cc(C(C)F)c(C2(C)CCCN2)cc1OC. The normalized spacial score (nSPS) is 24.3. The number of nitrogens with one attached hydrogen (secondary N) is 1. The van der Waals surface area contributed by atoms with Crippen molar-refractivity contribution in [1.29, 1.82) is 0 Å². The lowest BCUT2D eigenvalue weighted by Gasteiger charge is -2.29. The van der Waals surface area contributed by atoms with E-state index < -0.39 is 6.17 Å². The van der Waals surface area contributed by atoms with Crippen molar-refractivity contribution < 1.29 is 13.9 Å². The van der Waals surface area contributed by atoms with Crippen LogP contribution in [0.15, 0.2) is 12.1 Å². The Morgan fingerprint density at radius 2 is 1.89 bits per heavy atom. The number of ether oxygens (including phenoxy) is 2. The molecule has 0 radical (unpaired) electrons. The molecule has 1 aromatic rings. The van der Waals surface area contributed by atoms with Gasteiger partial charge in [-0.2, -0.15) is 0 Å². The molecule has 19 heavy (non-hydrogen) atoms. The summed E-state index contributed by atoms with van der Waals surface area (Å²) >= 11 is 0. The Kier molecular flexibility index (Phi) is 3.99. The highest BCUT2D eigenvalue weighted by Gasteiger charge is 2.34. The van der Waals surface area contributed by atoms with E-state index in [2.05, 4.69) is 12.2 Å². The number of hydrogen-bond donors (Lipinski definition) is 1. The topological polar surface area (TPSA) is 30.5 Å². The predicted molar refractivity (Wildman–Crippen MR) is 73.7 cm³/mol. The fourth-order valence-electron chi connectivity index (χ4n) is 2.83. The van der Waals surface area contributed by atoms with Crippen molar-refractivity contribution >= 4 is 0 Å². The minimum Gasteiger partial charge on any atom is -0.493 e. The molecule has 0 aliphatic carbocycles. The summed E-state index contributed by atoms with van der Waals surface area (Å²) in [6.45, 7) is 4.64. The molecule has 1 aliphatic rings. The molecule has 0 bridgehead atoms. The van der Waals surface area contributed by atoms with Gasteiger partial charge in [0.05, 0.1) is 14.2 Å². The second kappa shape index (κ2) is 5.37. The van der Waals surface area contributed by atoms with Crippen LogP contribution in [-0.2, 0) is 5.54 Å². The number of hydrogen-bond acceptors (Lipinski definition) is 3. The first-order chi connectivity index (χ1) is 9.01. The summed E-state index contributed by atoms with van der Waals surface area (Å²) in [5.74, 6) is 1.23. The minimum atomic E-state index is -1.03. The predicted octanol–water partition coefficient (Wildman–Crippen LogP) is 3.33. The molecule has 2 unspecified atom stereocenters. The number of benzene rings is 1. The van der Waals surface area contributed by atoms with Gasteiger partial charge in [0.15, 0.2) is 11.5 Å². The minimum absolute atomic E-state index is 0.185. The Hall–Kier alpha value is -1.29. The highest BCUT2D eigenvalue weighted by molar-refractivity contribution is 5.50. The van der Waals surface area contributed by atoms with E-state index in [9.17, 15) is 4.39 Å². The van der Waals surface area contributed by atoms with E-state index in [-0.39, 0.29) is 5.54 Å². The summed E-state index contributed by atoms with van der Waals surface area (Å²) in [5, 5.41) is 3.47. The van der Waals surface area contributed by atoms with E-state index in [0.717, 1.165) is 24.9 Å². The number of alkyl halides is 1. The monoisotopic (exact) mass is 267 g/mol. The van der Waals surface area contributed by atoms with Crippen LogP contribution in [0.2, 0.25) is 0 Å². The lowest BCUT2D eigenvalue weighted by atomic mass is 9.85. The molecule has 3 nitrogen and oxygen atoms in total. The van der Waals surface area contributed by atoms with Crippen LogP contribution < -0.4 is 14.8 Å². The Labute approximate surface area is 114 Å². The lowest BCUT2D eigenvalue weighted by molar-refractivity contribution is 0.335. The van der Waals surface area contributed by atoms with Gasteiger partial charge in [-0.05, 0) is 56.5 Å². The first-order valence-electron chi connectivity index (χ1n) is 6.67. The van der Waals surface area contributed by atoms with E-state index in [1.54, 1.807) is 27.2 Å². The smallest absolute Gasteiger partial charge is 0.161 e. The van der Waals surface area contributed by atoms with Crippen LogP contribution in [0.4, 0.5) is 4.39 Å². The van der Waals surface area contributed by atoms with Gasteiger partial charge in [-0.1, -0.05) is 0 Å². The highest BCUT2D eigenvalue weighted by atomic mass is 19.1. The van der Waals surface area contributed by atoms with Crippen molar-refractivity contribution in [1.82, 2.24) is 5.32 Å². The number of rotatable bonds is 4. The molecule has 0 spiro atoms. The molecule has 1 aliphatic heterocycles. The first kappa shape index (κ1) is 14.1. The molecular formula is C15H22FNO2. The fourth-order valence-corrected chi connectivity index (χ4v) is 2.83. The maximum Gasteiger partial charge on any atom is 0.161 e. The van der Waals surface area contributed by atoms with Crippen molar-refractivity contribution in [2.24, 2.45) is 0 Å². The summed E-state index contributed by atoms with van der Waals surface area (Å²) in [6.07, 6.45) is 1.07. The van der Waals surface area contributed by atoms with Gasteiger partial charge in [0.25, 0.3) is 0 Å². The van der Waals surface area contributed by atoms with Gasteiger partial charge in [-0.15, -0.1) is 0 Å². The molecule has 1 N–H and O–H groups in total. The molecule has 2 atom stereocenters. The molecule has 1 fully saturated rings. The van der Waals surface area contributed by atoms with Crippen LogP contribution in [0.5, 0.6) is 11.5 Å². The van der Waals surface area contributed by atoms with Gasteiger partial charge in [0.1, 0.15) is 6.17 Å². The standard InChI is InChI=1S/C15H22FNO2/c1-10(16)11-8-13(18-3)14(19-4)9-12(11)15(2)6-5-7-17-15/h8-10,17H,5-7H2,1-4H3. The van der Waals surface area contributed by atoms with Gasteiger partial charge < -0.3 is 14.8 Å². The quantitative estimate of drug-likeness (QED) is 0.907. The van der Waals surface area contributed by atoms with E-state index >= 15 is 0 Å². The van der Waals surface area contributed by atoms with Crippen LogP contribution in [0.3, 0.4) is 0 Å². The first-order valence-corrected chi connectivity index (χ1v) is 6.67. The van der Waals surface area contributed by atoms with Gasteiger partial charge in [0, 0.05) is 5.54 Å². The molecule has 1 saturated heterocycles. The molecule has 1 heterocycles. The molecule has 1 aromatic carbocycles. The van der Waals surface area contributed by atoms with Gasteiger partial charge in [-0.3, -0.25) is 0 Å². The third kappa shape index (κ3) is 2.54. The Balaban J connectivity index is 2.57. The molecule has 106 valence electrons. The average molecular weight is 267 g/mol. The molecule has 0 aromatic heterocycles. The third-order valence-corrected chi connectivity index (χ3v) is 3.95. The van der Waals surface area contributed by atoms with Crippen LogP contribution in [0.25, 0.3) is 0 Å². The number of halogens is 1. The van der Waals surface area contributed by atoms with Crippen molar-refractivity contribution in [2.45, 2.75) is 38.4 Å². The second-order valence-electron chi connectivity index (χ2n) is 5.27. The summed E-state index contributed by atoms with van der Waals surface area (Å²) in [5.41, 5.74) is 1.46. The fraction of sp³-hybridized carbons (Fsp3) is 0.600. The zero-order valence-electron chi connectivity index (χ0n) is 12.0. The van der Waals surface area contributed by atoms with Crippen molar-refractivity contribution in [2.75, 3.05) is 20.8 Å². The summed E-state index contributed by atoms with van der Waals surface area (Å²) in [7, 11) is 3.17. The second-order valence-corrected chi connectivity index (χ2v) is 5.27. The zero-order valence-corrected chi connectivity index (χ0v) is 12.0. The van der Waals surface area contributed by atoms with E-state index in [0.29, 0.717) is 17.1 Å². The Morgan fingerprint density at radius 1 is 1.26 bits per heavy atom. The van der Waals surface area contributed by atoms with E-state index in [4.69, 9.17) is 9.47 Å². The van der Waals surface area contributed by atoms with Gasteiger partial charge >= 0.3 is 0 Å². The van der Waals surface area contributed by atoms with Crippen molar-refractivity contribution in [3.05, 3.63) is 23.3 Å². The zero-order chi connectivity index (χ0) is 14.0. The summed E-state index contributed by atoms with van der Waals surface area (Å²) < 4.78 is 24.6. The largest absolute Gasteiger partial charge is 0.493 e. The lowest BCUT2D eigenvalue weighted by Crippen LogP contribution is -2.34. The average Bonchev–Trinajstić information content (AvgIpc) is 2.85. The number of methoxy groups -OCH3 is 2. The maximum absolute atomic E-state index is 13.9. The molecular weight excluding hydrogens is 245 g/mol. The van der Waals surface area contributed by atoms with Crippen molar-refractivity contribution in [3.63, 3.8) is 0 Å². The Morgan fingerprint density at radius 3 is 2.37 bits per heavy atom. The van der Waals surface area contributed by atoms with Crippen LogP contribution in [0, 0.1) is 0 Å². The van der Waals surface area contributed by atoms with E-state index in [1.165, 1.54) is 0 Å². The molecule has 0 amide bonds. The van der Waals surface area contributed by atoms with Crippen molar-refractivity contribution in [3.8, 4) is 11.5 Å². The Bertz CT molecular complexity index is 454. The van der Waals surface area contributed by atoms with E-state index in [1.807, 2.05) is 6.07 Å². The van der Waals surface area contributed by atoms with Crippen LogP contribution >= 0.6 is 0 Å². The highest BCUT2D eigenvalue weighted by Crippen LogP contribution is 2.41.